The Morgan fingerprint density at radius 1 is 1.50 bits per heavy atom. The maximum atomic E-state index is 11.2. The van der Waals surface area contributed by atoms with E-state index in [9.17, 15) is 4.79 Å². The molecule has 1 heterocycles. The van der Waals surface area contributed by atoms with E-state index >= 15 is 0 Å². The predicted molar refractivity (Wildman–Crippen MR) is 60.0 cm³/mol. The molecule has 4 heteroatoms. The average molecular weight is 223 g/mol. The lowest BCUT2D eigenvalue weighted by Gasteiger charge is -2.11. The minimum atomic E-state index is -0.510. The molecule has 1 aromatic heterocycles. The second-order valence-corrected chi connectivity index (χ2v) is 3.34. The van der Waals surface area contributed by atoms with Crippen LogP contribution in [0, 0.1) is 0 Å². The molecule has 1 unspecified atom stereocenters. The molecule has 0 aliphatic carbocycles. The Labute approximate surface area is 95.6 Å². The van der Waals surface area contributed by atoms with E-state index < -0.39 is 6.10 Å². The van der Waals surface area contributed by atoms with Crippen molar-refractivity contribution in [3.8, 4) is 0 Å². The molecule has 0 aliphatic heterocycles. The number of carbonyl (C=O) groups excluding carboxylic acids is 1. The van der Waals surface area contributed by atoms with Gasteiger partial charge in [-0.2, -0.15) is 0 Å². The van der Waals surface area contributed by atoms with Crippen LogP contribution in [0.4, 0.5) is 0 Å². The number of aromatic nitrogens is 1. The highest BCUT2D eigenvalue weighted by Crippen LogP contribution is 1.99. The van der Waals surface area contributed by atoms with Gasteiger partial charge in [0.25, 0.3) is 0 Å². The molecule has 0 saturated heterocycles. The summed E-state index contributed by atoms with van der Waals surface area (Å²) in [6.45, 7) is 4.32. The van der Waals surface area contributed by atoms with Crippen molar-refractivity contribution in [2.45, 2.75) is 26.4 Å². The van der Waals surface area contributed by atoms with Gasteiger partial charge in [-0.05, 0) is 26.0 Å². The van der Waals surface area contributed by atoms with Crippen LogP contribution in [0.25, 0.3) is 0 Å². The summed E-state index contributed by atoms with van der Waals surface area (Å²) >= 11 is 0. The van der Waals surface area contributed by atoms with Crippen LogP contribution in [0.15, 0.2) is 24.4 Å². The molecule has 0 bridgehead atoms. The fraction of sp³-hybridized carbons (Fsp3) is 0.500. The lowest BCUT2D eigenvalue weighted by atomic mass is 10.3. The smallest absolute Gasteiger partial charge is 0.334 e. The molecule has 0 N–H and O–H groups in total. The molecule has 0 amide bonds. The molecule has 1 rings (SSSR count). The van der Waals surface area contributed by atoms with Crippen LogP contribution >= 0.6 is 0 Å². The van der Waals surface area contributed by atoms with E-state index in [4.69, 9.17) is 9.47 Å². The molecule has 1 aromatic rings. The Morgan fingerprint density at radius 2 is 2.31 bits per heavy atom. The van der Waals surface area contributed by atoms with Gasteiger partial charge in [0.2, 0.25) is 0 Å². The molecule has 0 fully saturated rings. The van der Waals surface area contributed by atoms with Gasteiger partial charge in [0.1, 0.15) is 0 Å². The molecule has 0 spiro atoms. The number of nitrogens with zero attached hydrogens (tertiary/aromatic N) is 1. The summed E-state index contributed by atoms with van der Waals surface area (Å²) < 4.78 is 10.2. The van der Waals surface area contributed by atoms with Crippen molar-refractivity contribution in [1.82, 2.24) is 4.98 Å². The zero-order valence-electron chi connectivity index (χ0n) is 9.68. The van der Waals surface area contributed by atoms with Gasteiger partial charge in [-0.15, -0.1) is 0 Å². The van der Waals surface area contributed by atoms with Crippen molar-refractivity contribution < 1.29 is 14.3 Å². The molecular weight excluding hydrogens is 206 g/mol. The molecule has 1 atom stereocenters. The van der Waals surface area contributed by atoms with Gasteiger partial charge >= 0.3 is 5.97 Å². The number of pyridine rings is 1. The summed E-state index contributed by atoms with van der Waals surface area (Å²) in [6.07, 6.45) is 1.93. The average Bonchev–Trinajstić information content (AvgIpc) is 2.30. The Kier molecular flexibility index (Phi) is 5.50. The van der Waals surface area contributed by atoms with Gasteiger partial charge < -0.3 is 9.47 Å². The van der Waals surface area contributed by atoms with Crippen molar-refractivity contribution >= 4 is 5.97 Å². The Morgan fingerprint density at radius 3 is 2.94 bits per heavy atom. The number of hydrogen-bond acceptors (Lipinski definition) is 4. The van der Waals surface area contributed by atoms with Gasteiger partial charge in [0.05, 0.1) is 13.2 Å². The summed E-state index contributed by atoms with van der Waals surface area (Å²) in [6, 6.07) is 5.72. The van der Waals surface area contributed by atoms with Crippen molar-refractivity contribution in [2.75, 3.05) is 13.2 Å². The monoisotopic (exact) mass is 223 g/mol. The van der Waals surface area contributed by atoms with Crippen molar-refractivity contribution in [1.29, 1.82) is 0 Å². The Hall–Kier alpha value is -1.42. The van der Waals surface area contributed by atoms with Crippen molar-refractivity contribution in [3.63, 3.8) is 0 Å². The molecule has 4 nitrogen and oxygen atoms in total. The van der Waals surface area contributed by atoms with Gasteiger partial charge in [0, 0.05) is 18.3 Å². The fourth-order valence-electron chi connectivity index (χ4n) is 1.21. The molecule has 0 saturated carbocycles. The first kappa shape index (κ1) is 12.6. The summed E-state index contributed by atoms with van der Waals surface area (Å²) in [5, 5.41) is 0. The van der Waals surface area contributed by atoms with Gasteiger partial charge in [0.15, 0.2) is 6.10 Å². The highest BCUT2D eigenvalue weighted by molar-refractivity contribution is 5.74. The maximum Gasteiger partial charge on any atom is 0.334 e. The Balaban J connectivity index is 2.23. The van der Waals surface area contributed by atoms with Gasteiger partial charge in [-0.25, -0.2) is 4.79 Å². The number of esters is 1. The number of carbonyl (C=O) groups is 1. The van der Waals surface area contributed by atoms with Crippen LogP contribution in [0.1, 0.15) is 19.5 Å². The molecule has 0 aromatic carbocycles. The molecule has 0 aliphatic rings. The van der Waals surface area contributed by atoms with Crippen LogP contribution in [-0.2, 0) is 20.7 Å². The largest absolute Gasteiger partial charge is 0.464 e. The number of ether oxygens (including phenoxy) is 2. The van der Waals surface area contributed by atoms with Crippen molar-refractivity contribution in [3.05, 3.63) is 30.1 Å². The van der Waals surface area contributed by atoms with E-state index in [0.717, 1.165) is 5.69 Å². The third-order valence-electron chi connectivity index (χ3n) is 2.07. The zero-order valence-corrected chi connectivity index (χ0v) is 9.68. The van der Waals surface area contributed by atoms with Gasteiger partial charge in [-0.1, -0.05) is 6.07 Å². The van der Waals surface area contributed by atoms with Crippen LogP contribution < -0.4 is 0 Å². The summed E-state index contributed by atoms with van der Waals surface area (Å²) in [5.41, 5.74) is 0.957. The molecule has 16 heavy (non-hydrogen) atoms. The molecular formula is C12H17NO3. The third-order valence-corrected chi connectivity index (χ3v) is 2.07. The van der Waals surface area contributed by atoms with Crippen LogP contribution in [0.5, 0.6) is 0 Å². The summed E-state index contributed by atoms with van der Waals surface area (Å²) in [5.74, 6) is -0.316. The first-order valence-electron chi connectivity index (χ1n) is 5.42. The highest BCUT2D eigenvalue weighted by Gasteiger charge is 2.13. The molecule has 88 valence electrons. The summed E-state index contributed by atoms with van der Waals surface area (Å²) in [7, 11) is 0. The minimum absolute atomic E-state index is 0.316. The summed E-state index contributed by atoms with van der Waals surface area (Å²) in [4.78, 5) is 15.4. The standard InChI is InChI=1S/C12H17NO3/c1-3-15-12(14)10(2)16-9-7-11-6-4-5-8-13-11/h4-6,8,10H,3,7,9H2,1-2H3. The van der Waals surface area contributed by atoms with E-state index in [1.54, 1.807) is 20.0 Å². The van der Waals surface area contributed by atoms with Crippen LogP contribution in [0.2, 0.25) is 0 Å². The van der Waals surface area contributed by atoms with Crippen LogP contribution in [0.3, 0.4) is 0 Å². The van der Waals surface area contributed by atoms with Crippen LogP contribution in [-0.4, -0.2) is 30.3 Å². The van der Waals surface area contributed by atoms with Gasteiger partial charge in [-0.3, -0.25) is 4.98 Å². The first-order chi connectivity index (χ1) is 7.74. The SMILES string of the molecule is CCOC(=O)C(C)OCCc1ccccn1. The normalized spacial score (nSPS) is 12.1. The Bertz CT molecular complexity index is 313. The third kappa shape index (κ3) is 4.40. The lowest BCUT2D eigenvalue weighted by molar-refractivity contribution is -0.155. The van der Waals surface area contributed by atoms with E-state index in [1.807, 2.05) is 18.2 Å². The fourth-order valence-corrected chi connectivity index (χ4v) is 1.21. The minimum Gasteiger partial charge on any atom is -0.464 e. The predicted octanol–water partition coefficient (Wildman–Crippen LogP) is 1.59. The first-order valence-corrected chi connectivity index (χ1v) is 5.42. The second kappa shape index (κ2) is 6.95. The quantitative estimate of drug-likeness (QED) is 0.687. The highest BCUT2D eigenvalue weighted by atomic mass is 16.6. The van der Waals surface area contributed by atoms with Crippen molar-refractivity contribution in [2.24, 2.45) is 0 Å². The second-order valence-electron chi connectivity index (χ2n) is 3.34. The van der Waals surface area contributed by atoms with E-state index in [0.29, 0.717) is 19.6 Å². The van der Waals surface area contributed by atoms with E-state index in [-0.39, 0.29) is 5.97 Å². The van der Waals surface area contributed by atoms with E-state index in [1.165, 1.54) is 0 Å². The maximum absolute atomic E-state index is 11.2. The molecule has 0 radical (unpaired) electrons. The number of hydrogen-bond donors (Lipinski definition) is 0. The number of rotatable bonds is 6. The van der Waals surface area contributed by atoms with E-state index in [2.05, 4.69) is 4.98 Å². The lowest BCUT2D eigenvalue weighted by Crippen LogP contribution is -2.24. The topological polar surface area (TPSA) is 48.4 Å². The zero-order chi connectivity index (χ0) is 11.8.